The summed E-state index contributed by atoms with van der Waals surface area (Å²) in [5.41, 5.74) is 1.99. The van der Waals surface area contributed by atoms with Gasteiger partial charge < -0.3 is 20.3 Å². The van der Waals surface area contributed by atoms with Crippen molar-refractivity contribution in [2.24, 2.45) is 5.92 Å². The minimum Gasteiger partial charge on any atom is -0.457 e. The summed E-state index contributed by atoms with van der Waals surface area (Å²) in [5.74, 6) is -0.0196. The molecule has 3 aromatic carbocycles. The number of fused-ring (bicyclic) bond motifs is 1. The second-order valence-corrected chi connectivity index (χ2v) is 10.8. The summed E-state index contributed by atoms with van der Waals surface area (Å²) in [5, 5.41) is 6.01. The zero-order valence-electron chi connectivity index (χ0n) is 23.0. The minimum atomic E-state index is -0.787. The van der Waals surface area contributed by atoms with Gasteiger partial charge in [0.05, 0.1) is 11.3 Å². The number of hydrogen-bond acceptors (Lipinski definition) is 5. The molecular weight excluding hydrogens is 504 g/mol. The summed E-state index contributed by atoms with van der Waals surface area (Å²) in [6.07, 6.45) is 1.67. The van der Waals surface area contributed by atoms with Crippen molar-refractivity contribution in [3.05, 3.63) is 90.0 Å². The monoisotopic (exact) mass is 540 g/mol. The number of carbonyl (C=O) groups is 3. The summed E-state index contributed by atoms with van der Waals surface area (Å²) in [7, 11) is 0. The number of ether oxygens (including phenoxy) is 1. The van der Waals surface area contributed by atoms with Crippen LogP contribution in [0.1, 0.15) is 42.6 Å². The predicted octanol–water partition coefficient (Wildman–Crippen LogP) is 4.68. The van der Waals surface area contributed by atoms with Gasteiger partial charge in [0.15, 0.2) is 0 Å². The molecule has 1 saturated heterocycles. The Morgan fingerprint density at radius 1 is 0.950 bits per heavy atom. The Labute approximate surface area is 235 Å². The maximum Gasteiger partial charge on any atom is 0.257 e. The number of amides is 3. The smallest absolute Gasteiger partial charge is 0.257 e. The van der Waals surface area contributed by atoms with Crippen LogP contribution in [-0.4, -0.2) is 59.2 Å². The third-order valence-corrected chi connectivity index (χ3v) is 7.47. The zero-order chi connectivity index (χ0) is 28.1. The van der Waals surface area contributed by atoms with Gasteiger partial charge >= 0.3 is 0 Å². The average Bonchev–Trinajstić information content (AvgIpc) is 3.06. The second kappa shape index (κ2) is 12.3. The number of likely N-dealkylation sites (tertiary alicyclic amines) is 1. The van der Waals surface area contributed by atoms with Crippen LogP contribution in [0.3, 0.4) is 0 Å². The molecular formula is C32H36N4O4. The molecule has 0 spiro atoms. The Kier molecular flexibility index (Phi) is 8.45. The van der Waals surface area contributed by atoms with Crippen LogP contribution >= 0.6 is 0 Å². The van der Waals surface area contributed by atoms with E-state index >= 15 is 0 Å². The molecule has 3 aromatic rings. The first-order valence-corrected chi connectivity index (χ1v) is 13.9. The standard InChI is InChI=1S/C32H36N4O4/c1-22(2)30(31(38)33-24-15-17-35(18-16-24)20-23-9-5-3-6-10-23)36-21-29(37)34-28-14-13-26(19-27(28)32(36)39)40-25-11-7-4-8-12-25/h3-14,19,22,24,30H,15-18,20-21H2,1-2H3,(H,33,38)(H,34,37)/t30-/m0/s1. The number of hydrogen-bond donors (Lipinski definition) is 2. The fourth-order valence-electron chi connectivity index (χ4n) is 5.46. The molecule has 1 fully saturated rings. The highest BCUT2D eigenvalue weighted by Crippen LogP contribution is 2.30. The molecule has 2 N–H and O–H groups in total. The van der Waals surface area contributed by atoms with Gasteiger partial charge in [0.2, 0.25) is 11.8 Å². The van der Waals surface area contributed by atoms with Crippen molar-refractivity contribution in [2.45, 2.75) is 45.3 Å². The van der Waals surface area contributed by atoms with E-state index in [0.717, 1.165) is 32.5 Å². The molecule has 208 valence electrons. The van der Waals surface area contributed by atoms with Crippen molar-refractivity contribution in [1.29, 1.82) is 0 Å². The second-order valence-electron chi connectivity index (χ2n) is 10.8. The molecule has 2 aliphatic heterocycles. The number of benzene rings is 3. The van der Waals surface area contributed by atoms with Crippen molar-refractivity contribution in [3.8, 4) is 11.5 Å². The average molecular weight is 541 g/mol. The van der Waals surface area contributed by atoms with E-state index in [4.69, 9.17) is 4.74 Å². The van der Waals surface area contributed by atoms with Crippen molar-refractivity contribution >= 4 is 23.4 Å². The van der Waals surface area contributed by atoms with Gasteiger partial charge in [-0.25, -0.2) is 0 Å². The number of rotatable bonds is 8. The Morgan fingerprint density at radius 2 is 1.62 bits per heavy atom. The number of anilines is 1. The maximum absolute atomic E-state index is 13.8. The van der Waals surface area contributed by atoms with Crippen LogP contribution in [0, 0.1) is 5.92 Å². The number of carbonyl (C=O) groups excluding carboxylic acids is 3. The Hall–Kier alpha value is -4.17. The fraction of sp³-hybridized carbons (Fsp3) is 0.344. The van der Waals surface area contributed by atoms with Gasteiger partial charge in [-0.3, -0.25) is 19.3 Å². The number of para-hydroxylation sites is 1. The highest BCUT2D eigenvalue weighted by molar-refractivity contribution is 6.10. The SMILES string of the molecule is CC(C)[C@@H](C(=O)NC1CCN(Cc2ccccc2)CC1)N1CC(=O)Nc2ccc(Oc3ccccc3)cc2C1=O. The molecule has 2 aliphatic rings. The Balaban J connectivity index is 1.28. The molecule has 0 aromatic heterocycles. The van der Waals surface area contributed by atoms with Gasteiger partial charge in [-0.05, 0) is 54.7 Å². The summed E-state index contributed by atoms with van der Waals surface area (Å²) < 4.78 is 5.93. The lowest BCUT2D eigenvalue weighted by Crippen LogP contribution is -2.56. The minimum absolute atomic E-state index is 0.0230. The van der Waals surface area contributed by atoms with Crippen molar-refractivity contribution in [2.75, 3.05) is 25.0 Å². The highest BCUT2D eigenvalue weighted by Gasteiger charge is 2.38. The summed E-state index contributed by atoms with van der Waals surface area (Å²) in [4.78, 5) is 44.1. The summed E-state index contributed by atoms with van der Waals surface area (Å²) in [6.45, 7) is 6.26. The Bertz CT molecular complexity index is 1340. The quantitative estimate of drug-likeness (QED) is 0.433. The predicted molar refractivity (Wildman–Crippen MR) is 154 cm³/mol. The molecule has 0 saturated carbocycles. The van der Waals surface area contributed by atoms with Crippen molar-refractivity contribution < 1.29 is 19.1 Å². The van der Waals surface area contributed by atoms with Gasteiger partial charge in [-0.2, -0.15) is 0 Å². The highest BCUT2D eigenvalue weighted by atomic mass is 16.5. The van der Waals surface area contributed by atoms with Crippen LogP contribution < -0.4 is 15.4 Å². The number of nitrogens with zero attached hydrogens (tertiary/aromatic N) is 2. The van der Waals surface area contributed by atoms with Crippen LogP contribution in [0.15, 0.2) is 78.9 Å². The first kappa shape index (κ1) is 27.4. The van der Waals surface area contributed by atoms with Gasteiger partial charge in [0.1, 0.15) is 24.1 Å². The molecule has 2 heterocycles. The topological polar surface area (TPSA) is 91.0 Å². The number of piperidine rings is 1. The molecule has 1 atom stereocenters. The molecule has 40 heavy (non-hydrogen) atoms. The van der Waals surface area contributed by atoms with Gasteiger partial charge in [-0.15, -0.1) is 0 Å². The normalized spacial score (nSPS) is 17.1. The molecule has 5 rings (SSSR count). The zero-order valence-corrected chi connectivity index (χ0v) is 23.0. The van der Waals surface area contributed by atoms with E-state index < -0.39 is 6.04 Å². The molecule has 8 heteroatoms. The summed E-state index contributed by atoms with van der Waals surface area (Å²) >= 11 is 0. The van der Waals surface area contributed by atoms with E-state index in [1.165, 1.54) is 10.5 Å². The third-order valence-electron chi connectivity index (χ3n) is 7.47. The summed E-state index contributed by atoms with van der Waals surface area (Å²) in [6, 6.07) is 23.9. The molecule has 8 nitrogen and oxygen atoms in total. The van der Waals surface area contributed by atoms with Gasteiger partial charge in [0.25, 0.3) is 5.91 Å². The van der Waals surface area contributed by atoms with Crippen LogP contribution in [-0.2, 0) is 16.1 Å². The van der Waals surface area contributed by atoms with E-state index in [-0.39, 0.29) is 36.2 Å². The molecule has 0 aliphatic carbocycles. The lowest BCUT2D eigenvalue weighted by molar-refractivity contribution is -0.129. The third kappa shape index (κ3) is 6.51. The lowest BCUT2D eigenvalue weighted by atomic mass is 9.98. The molecule has 0 bridgehead atoms. The maximum atomic E-state index is 13.8. The fourth-order valence-corrected chi connectivity index (χ4v) is 5.46. The van der Waals surface area contributed by atoms with Gasteiger partial charge in [-0.1, -0.05) is 62.4 Å². The van der Waals surface area contributed by atoms with Crippen LogP contribution in [0.5, 0.6) is 11.5 Å². The lowest BCUT2D eigenvalue weighted by Gasteiger charge is -2.36. The largest absolute Gasteiger partial charge is 0.457 e. The molecule has 3 amide bonds. The van der Waals surface area contributed by atoms with Crippen molar-refractivity contribution in [1.82, 2.24) is 15.1 Å². The molecule has 0 unspecified atom stereocenters. The van der Waals surface area contributed by atoms with E-state index in [9.17, 15) is 14.4 Å². The first-order chi connectivity index (χ1) is 19.4. The van der Waals surface area contributed by atoms with Crippen LogP contribution in [0.2, 0.25) is 0 Å². The number of nitrogens with one attached hydrogen (secondary N) is 2. The van der Waals surface area contributed by atoms with E-state index in [0.29, 0.717) is 22.7 Å². The van der Waals surface area contributed by atoms with Crippen LogP contribution in [0.25, 0.3) is 0 Å². The molecule has 0 radical (unpaired) electrons. The van der Waals surface area contributed by atoms with Crippen LogP contribution in [0.4, 0.5) is 5.69 Å². The first-order valence-electron chi connectivity index (χ1n) is 13.9. The van der Waals surface area contributed by atoms with E-state index in [1.54, 1.807) is 18.2 Å². The van der Waals surface area contributed by atoms with Crippen molar-refractivity contribution in [3.63, 3.8) is 0 Å². The van der Waals surface area contributed by atoms with E-state index in [1.807, 2.05) is 62.4 Å². The Morgan fingerprint density at radius 3 is 2.30 bits per heavy atom. The van der Waals surface area contributed by atoms with E-state index in [2.05, 4.69) is 27.7 Å². The van der Waals surface area contributed by atoms with Gasteiger partial charge in [0, 0.05) is 25.7 Å².